The number of hydrogen-bond donors (Lipinski definition) is 0. The Morgan fingerprint density at radius 1 is 0.245 bits per heavy atom. The predicted molar refractivity (Wildman–Crippen MR) is 189 cm³/mol. The van der Waals surface area contributed by atoms with Gasteiger partial charge in [0.15, 0.2) is 0 Å². The van der Waals surface area contributed by atoms with E-state index in [2.05, 4.69) is 0 Å². The van der Waals surface area contributed by atoms with Crippen LogP contribution in [0.5, 0.6) is 34.5 Å². The first-order valence-corrected chi connectivity index (χ1v) is 17.6. The normalized spacial score (nSPS) is 9.92. The Kier molecular flexibility index (Phi) is 18.9. The van der Waals surface area contributed by atoms with Crippen LogP contribution in [0.4, 0.5) is 0 Å². The third-order valence-corrected chi connectivity index (χ3v) is 7.70. The minimum Gasteiger partial charge on any atom is -0.765 e. The summed E-state index contributed by atoms with van der Waals surface area (Å²) in [5.41, 5.74) is 0. The van der Waals surface area contributed by atoms with Crippen LogP contribution < -0.4 is 41.8 Å². The van der Waals surface area contributed by atoms with E-state index in [1.165, 1.54) is 0 Å². The molecule has 0 aliphatic rings. The van der Waals surface area contributed by atoms with Crippen LogP contribution in [0.2, 0.25) is 0 Å². The minimum atomic E-state index is -2.18. The molecule has 248 valence electrons. The number of hydrogen-bond acceptors (Lipinski definition) is 9. The Balaban J connectivity index is 0.000000197. The molecule has 6 aromatic rings. The van der Waals surface area contributed by atoms with Crippen molar-refractivity contribution in [3.8, 4) is 34.5 Å². The van der Waals surface area contributed by atoms with Crippen molar-refractivity contribution in [1.82, 2.24) is 0 Å². The van der Waals surface area contributed by atoms with Gasteiger partial charge in [-0.25, -0.2) is 0 Å². The quantitative estimate of drug-likeness (QED) is 0.0898. The van der Waals surface area contributed by atoms with E-state index in [4.69, 9.17) is 27.1 Å². The van der Waals surface area contributed by atoms with Crippen LogP contribution >= 0.6 is 25.8 Å². The maximum atomic E-state index is 11.5. The molecular formula is C36H30O9P3Sb. The van der Waals surface area contributed by atoms with Gasteiger partial charge in [0.25, 0.3) is 0 Å². The molecule has 0 aliphatic heterocycles. The van der Waals surface area contributed by atoms with Crippen LogP contribution in [0.3, 0.4) is 0 Å². The molecule has 0 aromatic heterocycles. The van der Waals surface area contributed by atoms with E-state index in [0.29, 0.717) is 34.5 Å². The summed E-state index contributed by atoms with van der Waals surface area (Å²) in [6.45, 7) is 0. The van der Waals surface area contributed by atoms with Crippen LogP contribution in [0.25, 0.3) is 0 Å². The van der Waals surface area contributed by atoms with Gasteiger partial charge in [-0.3, -0.25) is 0 Å². The van der Waals surface area contributed by atoms with E-state index >= 15 is 0 Å². The van der Waals surface area contributed by atoms with Crippen LogP contribution in [-0.2, 0) is 0 Å². The maximum Gasteiger partial charge on any atom is 3.00 e. The summed E-state index contributed by atoms with van der Waals surface area (Å²) in [5.74, 6) is 3.16. The average Bonchev–Trinajstić information content (AvgIpc) is 3.11. The smallest absolute Gasteiger partial charge is 0.765 e. The molecule has 6 aromatic carbocycles. The summed E-state index contributed by atoms with van der Waals surface area (Å²) >= 11 is 0. The molecule has 9 nitrogen and oxygen atoms in total. The van der Waals surface area contributed by atoms with Crippen molar-refractivity contribution in [2.24, 2.45) is 0 Å². The van der Waals surface area contributed by atoms with Crippen LogP contribution in [0.1, 0.15) is 0 Å². The van der Waals surface area contributed by atoms with Gasteiger partial charge in [0, 0.05) is 0 Å². The molecule has 49 heavy (non-hydrogen) atoms. The number of rotatable bonds is 12. The Morgan fingerprint density at radius 2 is 0.367 bits per heavy atom. The predicted octanol–water partition coefficient (Wildman–Crippen LogP) is 7.81. The molecule has 0 atom stereocenters. The molecule has 0 unspecified atom stereocenters. The van der Waals surface area contributed by atoms with Crippen molar-refractivity contribution >= 4 is 50.2 Å². The summed E-state index contributed by atoms with van der Waals surface area (Å²) in [6.07, 6.45) is 0. The molecule has 13 heteroatoms. The van der Waals surface area contributed by atoms with Gasteiger partial charge in [-0.1, -0.05) is 109 Å². The van der Waals surface area contributed by atoms with E-state index in [1.54, 1.807) is 146 Å². The van der Waals surface area contributed by atoms with Crippen molar-refractivity contribution in [2.75, 3.05) is 0 Å². The molecule has 2 radical (unpaired) electrons. The zero-order valence-electron chi connectivity index (χ0n) is 25.8. The van der Waals surface area contributed by atoms with Crippen LogP contribution in [-0.4, -0.2) is 24.4 Å². The van der Waals surface area contributed by atoms with E-state index in [0.717, 1.165) is 0 Å². The molecule has 0 heterocycles. The van der Waals surface area contributed by atoms with Gasteiger partial charge in [-0.15, -0.1) is 0 Å². The van der Waals surface area contributed by atoms with Crippen molar-refractivity contribution in [1.29, 1.82) is 0 Å². The summed E-state index contributed by atoms with van der Waals surface area (Å²) in [6, 6.07) is 53.5. The van der Waals surface area contributed by atoms with Crippen LogP contribution in [0, 0.1) is 0 Å². The van der Waals surface area contributed by atoms with Gasteiger partial charge in [-0.2, -0.15) is 0 Å². The fraction of sp³-hybridized carbons (Fsp3) is 0. The summed E-state index contributed by atoms with van der Waals surface area (Å²) < 4.78 is 30.6. The summed E-state index contributed by atoms with van der Waals surface area (Å²) in [5, 5.41) is 0. The van der Waals surface area contributed by atoms with E-state index in [9.17, 15) is 14.7 Å². The van der Waals surface area contributed by atoms with Gasteiger partial charge in [0.05, 0.1) is 0 Å². The van der Waals surface area contributed by atoms with Gasteiger partial charge in [0.2, 0.25) is 25.8 Å². The fourth-order valence-corrected chi connectivity index (χ4v) is 5.34. The van der Waals surface area contributed by atoms with Crippen molar-refractivity contribution < 1.29 is 41.8 Å². The molecule has 0 saturated heterocycles. The summed E-state index contributed by atoms with van der Waals surface area (Å²) in [4.78, 5) is 34.5. The Hall–Kier alpha value is -3.89. The first-order chi connectivity index (χ1) is 23.5. The average molecular weight is 821 g/mol. The Morgan fingerprint density at radius 3 is 0.490 bits per heavy atom. The fourth-order valence-electron chi connectivity index (χ4n) is 3.46. The topological polar surface area (TPSA) is 125 Å². The van der Waals surface area contributed by atoms with Crippen LogP contribution in [0.15, 0.2) is 182 Å². The van der Waals surface area contributed by atoms with Gasteiger partial charge >= 0.3 is 24.4 Å². The molecular weight excluding hydrogens is 791 g/mol. The van der Waals surface area contributed by atoms with Gasteiger partial charge in [0.1, 0.15) is 34.5 Å². The molecule has 6 rings (SSSR count). The van der Waals surface area contributed by atoms with E-state index in [1.807, 2.05) is 36.4 Å². The molecule has 0 amide bonds. The maximum absolute atomic E-state index is 11.5. The molecule has 0 spiro atoms. The Bertz CT molecular complexity index is 1340. The molecule has 0 fully saturated rings. The largest absolute Gasteiger partial charge is 3.00 e. The monoisotopic (exact) mass is 820 g/mol. The summed E-state index contributed by atoms with van der Waals surface area (Å²) in [7, 11) is -6.55. The SMILES string of the molecule is [O-]P(Oc1ccccc1)Oc1ccccc1.[O-]P(Oc1ccccc1)Oc1ccccc1.[O-]P(Oc1ccccc1)Oc1ccccc1.[Sb+3]. The van der Waals surface area contributed by atoms with E-state index < -0.39 is 25.8 Å². The molecule has 0 aliphatic carbocycles. The van der Waals surface area contributed by atoms with Gasteiger partial charge < -0.3 is 41.8 Å². The van der Waals surface area contributed by atoms with Crippen molar-refractivity contribution in [2.45, 2.75) is 0 Å². The minimum absolute atomic E-state index is 0. The second kappa shape index (κ2) is 23.5. The number of benzene rings is 6. The standard InChI is InChI=1S/3C12H10O3P.Sb/c3*13-16(14-11-7-3-1-4-8-11)15-12-9-5-2-6-10-12;/h3*1-10H;/q3*-1;+3. The molecule has 0 saturated carbocycles. The third kappa shape index (κ3) is 16.9. The zero-order valence-corrected chi connectivity index (χ0v) is 31.0. The van der Waals surface area contributed by atoms with Gasteiger partial charge in [-0.05, 0) is 72.8 Å². The van der Waals surface area contributed by atoms with E-state index in [-0.39, 0.29) is 24.4 Å². The molecule has 0 bridgehead atoms. The second-order valence-electron chi connectivity index (χ2n) is 9.10. The number of para-hydroxylation sites is 6. The second-order valence-corrected chi connectivity index (χ2v) is 11.5. The van der Waals surface area contributed by atoms with Crippen molar-refractivity contribution in [3.63, 3.8) is 0 Å². The third-order valence-electron chi connectivity index (χ3n) is 5.54. The Labute approximate surface area is 307 Å². The zero-order chi connectivity index (χ0) is 33.7. The first kappa shape index (κ1) is 39.5. The molecule has 0 N–H and O–H groups in total. The van der Waals surface area contributed by atoms with Crippen molar-refractivity contribution in [3.05, 3.63) is 182 Å². The first-order valence-electron chi connectivity index (χ1n) is 14.3.